The smallest absolute Gasteiger partial charge is 0.227 e. The van der Waals surface area contributed by atoms with E-state index in [1.807, 2.05) is 12.2 Å². The molecule has 3 unspecified atom stereocenters. The highest BCUT2D eigenvalue weighted by atomic mass is 16.6. The van der Waals surface area contributed by atoms with Crippen molar-refractivity contribution in [1.29, 1.82) is 0 Å². The van der Waals surface area contributed by atoms with Gasteiger partial charge in [0.05, 0.1) is 24.2 Å². The summed E-state index contributed by atoms with van der Waals surface area (Å²) in [5, 5.41) is 11.9. The Labute approximate surface area is 148 Å². The summed E-state index contributed by atoms with van der Waals surface area (Å²) in [6.45, 7) is 4.13. The second-order valence-corrected chi connectivity index (χ2v) is 8.37. The Kier molecular flexibility index (Phi) is 4.32. The zero-order chi connectivity index (χ0) is 17.7. The Morgan fingerprint density at radius 1 is 1.16 bits per heavy atom. The highest BCUT2D eigenvalue weighted by molar-refractivity contribution is 5.86. The molecule has 4 bridgehead atoms. The van der Waals surface area contributed by atoms with Crippen LogP contribution < -0.4 is 5.32 Å². The number of fused-ring (bicyclic) bond motifs is 7. The molecule has 0 aromatic carbocycles. The minimum absolute atomic E-state index is 0.171. The predicted molar refractivity (Wildman–Crippen MR) is 92.6 cm³/mol. The summed E-state index contributed by atoms with van der Waals surface area (Å²) in [5.41, 5.74) is 1.32. The second-order valence-electron chi connectivity index (χ2n) is 8.37. The van der Waals surface area contributed by atoms with Crippen molar-refractivity contribution in [3.63, 3.8) is 0 Å². The van der Waals surface area contributed by atoms with Crippen LogP contribution in [0.25, 0.3) is 0 Å². The van der Waals surface area contributed by atoms with E-state index in [0.29, 0.717) is 41.8 Å². The number of carbonyl (C=O) groups excluding carboxylic acids is 2. The van der Waals surface area contributed by atoms with Crippen LogP contribution in [0.4, 0.5) is 0 Å². The molecule has 2 saturated carbocycles. The molecule has 2 N–H and O–H groups in total. The number of ketones is 1. The fourth-order valence-electron chi connectivity index (χ4n) is 4.80. The SMILES string of the molecule is CC1=CC(O)[C@H](C)C1.O=C1C[C@@H]2C[C@H]1C1OC12.O=C1N[C@H]2C=C[C@@H]1C2. The van der Waals surface area contributed by atoms with Crippen LogP contribution in [0.1, 0.15) is 39.5 Å². The number of ether oxygens (including phenoxy) is 1. The molecule has 136 valence electrons. The van der Waals surface area contributed by atoms with E-state index in [1.165, 1.54) is 5.57 Å². The number of Topliss-reactive ketones (excluding diaryl/α,β-unsaturated/α-hetero) is 1. The Morgan fingerprint density at radius 3 is 2.28 bits per heavy atom. The maximum atomic E-state index is 11.0. The number of hydrogen-bond acceptors (Lipinski definition) is 4. The van der Waals surface area contributed by atoms with Crippen molar-refractivity contribution in [2.45, 2.75) is 63.9 Å². The van der Waals surface area contributed by atoms with E-state index in [-0.39, 0.29) is 17.9 Å². The van der Waals surface area contributed by atoms with Crippen LogP contribution in [0.5, 0.6) is 0 Å². The first-order valence-corrected chi connectivity index (χ1v) is 9.44. The van der Waals surface area contributed by atoms with Gasteiger partial charge in [0.15, 0.2) is 0 Å². The zero-order valence-electron chi connectivity index (χ0n) is 14.9. The number of allylic oxidation sites excluding steroid dienone is 1. The van der Waals surface area contributed by atoms with E-state index >= 15 is 0 Å². The van der Waals surface area contributed by atoms with E-state index < -0.39 is 0 Å². The first kappa shape index (κ1) is 17.0. The molecule has 5 nitrogen and oxygen atoms in total. The van der Waals surface area contributed by atoms with Gasteiger partial charge in [0.1, 0.15) is 5.78 Å². The Hall–Kier alpha value is -1.46. The monoisotopic (exact) mass is 345 g/mol. The van der Waals surface area contributed by atoms with Crippen molar-refractivity contribution in [1.82, 2.24) is 5.32 Å². The molecule has 4 fully saturated rings. The van der Waals surface area contributed by atoms with Crippen LogP contribution >= 0.6 is 0 Å². The molecule has 2 aliphatic heterocycles. The second kappa shape index (κ2) is 6.36. The van der Waals surface area contributed by atoms with Gasteiger partial charge in [0, 0.05) is 18.4 Å². The first-order valence-electron chi connectivity index (χ1n) is 9.44. The molecule has 2 heterocycles. The molecule has 6 rings (SSSR count). The van der Waals surface area contributed by atoms with Crippen LogP contribution in [0.3, 0.4) is 0 Å². The maximum absolute atomic E-state index is 11.0. The van der Waals surface area contributed by atoms with E-state index in [1.54, 1.807) is 0 Å². The molecule has 4 aliphatic carbocycles. The standard InChI is InChI=1S/C7H8O2.C7H12O.C6H7NO/c8-5-2-3-1-4(5)7-6(3)9-7;1-5-3-6(2)7(8)4-5;8-6-4-1-2-5(3-4)7-6/h3-4,6-7H,1-2H2;4,6-8H,3H2,1-2H3;1-2,4-5H,3H2,(H,7,8)/t3-,4+,6?,7?;6-,7?;4-,5+/m011/s1. The number of epoxide rings is 1. The van der Waals surface area contributed by atoms with Crippen molar-refractivity contribution >= 4 is 11.7 Å². The van der Waals surface area contributed by atoms with Gasteiger partial charge in [0.2, 0.25) is 5.91 Å². The van der Waals surface area contributed by atoms with Gasteiger partial charge in [-0.25, -0.2) is 0 Å². The lowest BCUT2D eigenvalue weighted by atomic mass is 10.00. The van der Waals surface area contributed by atoms with Crippen molar-refractivity contribution in [3.05, 3.63) is 23.8 Å². The first-order chi connectivity index (χ1) is 11.9. The molecular weight excluding hydrogens is 318 g/mol. The number of hydrogen-bond donors (Lipinski definition) is 2. The fraction of sp³-hybridized carbons (Fsp3) is 0.700. The number of rotatable bonds is 0. The Morgan fingerprint density at radius 2 is 1.96 bits per heavy atom. The Balaban J connectivity index is 0.0000000945. The average Bonchev–Trinajstić information content (AvgIpc) is 2.95. The normalized spacial score (nSPS) is 46.8. The van der Waals surface area contributed by atoms with Gasteiger partial charge < -0.3 is 15.2 Å². The highest BCUT2D eigenvalue weighted by Gasteiger charge is 2.63. The minimum Gasteiger partial charge on any atom is -0.389 e. The molecule has 0 radical (unpaired) electrons. The summed E-state index contributed by atoms with van der Waals surface area (Å²) in [7, 11) is 0. The lowest BCUT2D eigenvalue weighted by molar-refractivity contribution is -0.122. The molecule has 2 saturated heterocycles. The number of aliphatic hydroxyl groups excluding tert-OH is 1. The third-order valence-corrected chi connectivity index (χ3v) is 6.29. The number of aliphatic hydroxyl groups is 1. The zero-order valence-corrected chi connectivity index (χ0v) is 14.9. The van der Waals surface area contributed by atoms with Gasteiger partial charge in [-0.1, -0.05) is 30.7 Å². The van der Waals surface area contributed by atoms with E-state index in [2.05, 4.69) is 25.2 Å². The lowest BCUT2D eigenvalue weighted by Gasteiger charge is -2.04. The summed E-state index contributed by atoms with van der Waals surface area (Å²) < 4.78 is 5.29. The molecule has 0 aromatic heterocycles. The van der Waals surface area contributed by atoms with Crippen LogP contribution in [0.15, 0.2) is 23.8 Å². The molecule has 0 spiro atoms. The molecule has 8 atom stereocenters. The van der Waals surface area contributed by atoms with Crippen LogP contribution in [-0.2, 0) is 14.3 Å². The molecule has 5 heteroatoms. The van der Waals surface area contributed by atoms with Crippen LogP contribution in [0, 0.1) is 23.7 Å². The third kappa shape index (κ3) is 3.32. The van der Waals surface area contributed by atoms with Crippen molar-refractivity contribution < 1.29 is 19.4 Å². The van der Waals surface area contributed by atoms with Crippen molar-refractivity contribution in [2.75, 3.05) is 0 Å². The van der Waals surface area contributed by atoms with Crippen molar-refractivity contribution in [3.8, 4) is 0 Å². The van der Waals surface area contributed by atoms with E-state index in [0.717, 1.165) is 25.7 Å². The van der Waals surface area contributed by atoms with Gasteiger partial charge in [0.25, 0.3) is 0 Å². The average molecular weight is 345 g/mol. The molecular formula is C20H27NO4. The minimum atomic E-state index is -0.171. The van der Waals surface area contributed by atoms with E-state index in [9.17, 15) is 9.59 Å². The number of carbonyl (C=O) groups is 2. The predicted octanol–water partition coefficient (Wildman–Crippen LogP) is 1.76. The van der Waals surface area contributed by atoms with E-state index in [4.69, 9.17) is 9.84 Å². The van der Waals surface area contributed by atoms with Crippen molar-refractivity contribution in [2.24, 2.45) is 23.7 Å². The van der Waals surface area contributed by atoms with Gasteiger partial charge in [-0.05, 0) is 38.0 Å². The highest BCUT2D eigenvalue weighted by Crippen LogP contribution is 2.54. The summed E-state index contributed by atoms with van der Waals surface area (Å²) in [4.78, 5) is 21.7. The van der Waals surface area contributed by atoms with Gasteiger partial charge in [-0.3, -0.25) is 9.59 Å². The van der Waals surface area contributed by atoms with Gasteiger partial charge in [-0.15, -0.1) is 0 Å². The largest absolute Gasteiger partial charge is 0.389 e. The molecule has 0 aromatic rings. The fourth-order valence-corrected chi connectivity index (χ4v) is 4.80. The maximum Gasteiger partial charge on any atom is 0.227 e. The molecule has 1 amide bonds. The number of amides is 1. The summed E-state index contributed by atoms with van der Waals surface area (Å²) >= 11 is 0. The quantitative estimate of drug-likeness (QED) is 0.518. The Bertz CT molecular complexity index is 640. The van der Waals surface area contributed by atoms with Crippen LogP contribution in [-0.4, -0.2) is 41.2 Å². The molecule has 6 aliphatic rings. The lowest BCUT2D eigenvalue weighted by Crippen LogP contribution is -2.26. The molecule has 25 heavy (non-hydrogen) atoms. The third-order valence-electron chi connectivity index (χ3n) is 6.29. The van der Waals surface area contributed by atoms with Gasteiger partial charge in [-0.2, -0.15) is 0 Å². The van der Waals surface area contributed by atoms with Gasteiger partial charge >= 0.3 is 0 Å². The summed E-state index contributed by atoms with van der Waals surface area (Å²) in [5.74, 6) is 2.26. The number of nitrogens with one attached hydrogen (secondary N) is 1. The topological polar surface area (TPSA) is 78.9 Å². The summed E-state index contributed by atoms with van der Waals surface area (Å²) in [6, 6.07) is 0.368. The summed E-state index contributed by atoms with van der Waals surface area (Å²) in [6.07, 6.45) is 10.7. The van der Waals surface area contributed by atoms with Crippen LogP contribution in [0.2, 0.25) is 0 Å².